The molecule has 0 aliphatic heterocycles. The smallest absolute Gasteiger partial charge is 0.344 e. The quantitative estimate of drug-likeness (QED) is 0.803. The van der Waals surface area contributed by atoms with Gasteiger partial charge in [0.05, 0.1) is 11.9 Å². The van der Waals surface area contributed by atoms with E-state index in [1.165, 1.54) is 0 Å². The molecule has 1 unspecified atom stereocenters. The molecular formula is C15H24N2O3. The molecule has 0 saturated carbocycles. The van der Waals surface area contributed by atoms with Crippen LogP contribution in [0.25, 0.3) is 0 Å². The van der Waals surface area contributed by atoms with Crippen molar-refractivity contribution < 1.29 is 14.6 Å². The zero-order valence-corrected chi connectivity index (χ0v) is 12.6. The van der Waals surface area contributed by atoms with Gasteiger partial charge in [0.2, 0.25) is 0 Å². The Labute approximate surface area is 120 Å². The van der Waals surface area contributed by atoms with Gasteiger partial charge in [0.15, 0.2) is 6.10 Å². The SMILES string of the molecule is CCCC(Oc1ccc(CNC(C)(C)C)nc1)C(=O)O. The van der Waals surface area contributed by atoms with Crippen molar-refractivity contribution in [2.24, 2.45) is 0 Å². The third-order valence-corrected chi connectivity index (χ3v) is 2.70. The van der Waals surface area contributed by atoms with Crippen molar-refractivity contribution in [2.45, 2.75) is 58.7 Å². The zero-order chi connectivity index (χ0) is 15.2. The van der Waals surface area contributed by atoms with Gasteiger partial charge in [-0.15, -0.1) is 0 Å². The molecular weight excluding hydrogens is 256 g/mol. The van der Waals surface area contributed by atoms with E-state index in [1.54, 1.807) is 12.3 Å². The summed E-state index contributed by atoms with van der Waals surface area (Å²) in [6.07, 6.45) is 2.02. The summed E-state index contributed by atoms with van der Waals surface area (Å²) in [6.45, 7) is 8.87. The highest BCUT2D eigenvalue weighted by Gasteiger charge is 2.18. The van der Waals surface area contributed by atoms with E-state index < -0.39 is 12.1 Å². The molecule has 20 heavy (non-hydrogen) atoms. The van der Waals surface area contributed by atoms with E-state index in [4.69, 9.17) is 9.84 Å². The second-order valence-electron chi connectivity index (χ2n) is 5.82. The summed E-state index contributed by atoms with van der Waals surface area (Å²) in [5.74, 6) is -0.448. The summed E-state index contributed by atoms with van der Waals surface area (Å²) >= 11 is 0. The summed E-state index contributed by atoms with van der Waals surface area (Å²) in [5.41, 5.74) is 0.932. The van der Waals surface area contributed by atoms with Crippen molar-refractivity contribution in [3.8, 4) is 5.75 Å². The number of rotatable bonds is 7. The molecule has 0 amide bonds. The second-order valence-corrected chi connectivity index (χ2v) is 5.82. The van der Waals surface area contributed by atoms with Gasteiger partial charge in [-0.05, 0) is 39.3 Å². The van der Waals surface area contributed by atoms with Crippen LogP contribution in [0.4, 0.5) is 0 Å². The number of aliphatic carboxylic acids is 1. The Morgan fingerprint density at radius 2 is 2.15 bits per heavy atom. The molecule has 1 rings (SSSR count). The number of carboxylic acid groups (broad SMARTS) is 1. The van der Waals surface area contributed by atoms with Crippen LogP contribution in [0.5, 0.6) is 5.75 Å². The summed E-state index contributed by atoms with van der Waals surface area (Å²) in [4.78, 5) is 15.3. The van der Waals surface area contributed by atoms with Gasteiger partial charge in [0.1, 0.15) is 5.75 Å². The molecule has 2 N–H and O–H groups in total. The van der Waals surface area contributed by atoms with E-state index in [2.05, 4.69) is 31.1 Å². The summed E-state index contributed by atoms with van der Waals surface area (Å²) < 4.78 is 5.43. The monoisotopic (exact) mass is 280 g/mol. The maximum atomic E-state index is 11.0. The molecule has 0 spiro atoms. The topological polar surface area (TPSA) is 71.5 Å². The summed E-state index contributed by atoms with van der Waals surface area (Å²) in [5, 5.41) is 12.4. The highest BCUT2D eigenvalue weighted by Crippen LogP contribution is 2.14. The van der Waals surface area contributed by atoms with E-state index >= 15 is 0 Å². The fraction of sp³-hybridized carbons (Fsp3) is 0.600. The summed E-state index contributed by atoms with van der Waals surface area (Å²) in [7, 11) is 0. The molecule has 0 aromatic carbocycles. The maximum absolute atomic E-state index is 11.0. The highest BCUT2D eigenvalue weighted by molar-refractivity contribution is 5.72. The average molecular weight is 280 g/mol. The fourth-order valence-electron chi connectivity index (χ4n) is 1.60. The van der Waals surface area contributed by atoms with Crippen LogP contribution in [0.1, 0.15) is 46.2 Å². The Morgan fingerprint density at radius 3 is 2.60 bits per heavy atom. The Morgan fingerprint density at radius 1 is 1.45 bits per heavy atom. The first-order valence-corrected chi connectivity index (χ1v) is 6.91. The van der Waals surface area contributed by atoms with Crippen molar-refractivity contribution in [3.05, 3.63) is 24.0 Å². The lowest BCUT2D eigenvalue weighted by Crippen LogP contribution is -2.35. The third kappa shape index (κ3) is 6.02. The van der Waals surface area contributed by atoms with Crippen molar-refractivity contribution in [2.75, 3.05) is 0 Å². The zero-order valence-electron chi connectivity index (χ0n) is 12.6. The van der Waals surface area contributed by atoms with Gasteiger partial charge in [0.25, 0.3) is 0 Å². The number of aromatic nitrogens is 1. The van der Waals surface area contributed by atoms with E-state index in [9.17, 15) is 4.79 Å². The number of nitrogens with zero attached hydrogens (tertiary/aromatic N) is 1. The standard InChI is InChI=1S/C15H24N2O3/c1-5-6-13(14(18)19)20-12-8-7-11(16-10-12)9-17-15(2,3)4/h7-8,10,13,17H,5-6,9H2,1-4H3,(H,18,19). The molecule has 0 bridgehead atoms. The number of hydrogen-bond donors (Lipinski definition) is 2. The third-order valence-electron chi connectivity index (χ3n) is 2.70. The van der Waals surface area contributed by atoms with Crippen molar-refractivity contribution in [3.63, 3.8) is 0 Å². The van der Waals surface area contributed by atoms with Crippen LogP contribution >= 0.6 is 0 Å². The van der Waals surface area contributed by atoms with Gasteiger partial charge in [-0.25, -0.2) is 4.79 Å². The molecule has 112 valence electrons. The lowest BCUT2D eigenvalue weighted by Gasteiger charge is -2.20. The fourth-order valence-corrected chi connectivity index (χ4v) is 1.60. The van der Waals surface area contributed by atoms with Crippen LogP contribution in [0.3, 0.4) is 0 Å². The largest absolute Gasteiger partial charge is 0.479 e. The van der Waals surface area contributed by atoms with Gasteiger partial charge in [0, 0.05) is 12.1 Å². The summed E-state index contributed by atoms with van der Waals surface area (Å²) in [6, 6.07) is 3.61. The van der Waals surface area contributed by atoms with E-state index in [-0.39, 0.29) is 5.54 Å². The molecule has 1 atom stereocenters. The highest BCUT2D eigenvalue weighted by atomic mass is 16.5. The van der Waals surface area contributed by atoms with Gasteiger partial charge >= 0.3 is 5.97 Å². The van der Waals surface area contributed by atoms with Crippen LogP contribution < -0.4 is 10.1 Å². The number of carbonyl (C=O) groups is 1. The lowest BCUT2D eigenvalue weighted by atomic mass is 10.1. The second kappa shape index (κ2) is 7.24. The van der Waals surface area contributed by atoms with Crippen LogP contribution in [0.15, 0.2) is 18.3 Å². The molecule has 5 heteroatoms. The van der Waals surface area contributed by atoms with Crippen LogP contribution in [-0.4, -0.2) is 27.7 Å². The molecule has 1 aromatic rings. The van der Waals surface area contributed by atoms with E-state index in [0.717, 1.165) is 12.1 Å². The first kappa shape index (κ1) is 16.4. The minimum absolute atomic E-state index is 0.0341. The van der Waals surface area contributed by atoms with Gasteiger partial charge in [-0.3, -0.25) is 4.98 Å². The van der Waals surface area contributed by atoms with Crippen LogP contribution in [0.2, 0.25) is 0 Å². The van der Waals surface area contributed by atoms with Gasteiger partial charge < -0.3 is 15.2 Å². The number of nitrogens with one attached hydrogen (secondary N) is 1. The predicted molar refractivity (Wildman–Crippen MR) is 77.8 cm³/mol. The molecule has 1 aromatic heterocycles. The number of carboxylic acids is 1. The maximum Gasteiger partial charge on any atom is 0.344 e. The molecule has 5 nitrogen and oxygen atoms in total. The normalized spacial score (nSPS) is 13.0. The van der Waals surface area contributed by atoms with E-state index in [1.807, 2.05) is 13.0 Å². The minimum atomic E-state index is -0.940. The molecule has 0 aliphatic carbocycles. The van der Waals surface area contributed by atoms with Gasteiger partial charge in [-0.1, -0.05) is 13.3 Å². The van der Waals surface area contributed by atoms with Crippen molar-refractivity contribution in [1.82, 2.24) is 10.3 Å². The van der Waals surface area contributed by atoms with Crippen LogP contribution in [-0.2, 0) is 11.3 Å². The Kier molecular flexibility index (Phi) is 5.95. The molecule has 0 radical (unpaired) electrons. The Bertz CT molecular complexity index is 424. The van der Waals surface area contributed by atoms with Crippen molar-refractivity contribution >= 4 is 5.97 Å². The van der Waals surface area contributed by atoms with Crippen LogP contribution in [0, 0.1) is 0 Å². The molecule has 0 saturated heterocycles. The number of pyridine rings is 1. The molecule has 0 fully saturated rings. The molecule has 1 heterocycles. The minimum Gasteiger partial charge on any atom is -0.479 e. The van der Waals surface area contributed by atoms with Crippen molar-refractivity contribution in [1.29, 1.82) is 0 Å². The average Bonchev–Trinajstić information content (AvgIpc) is 2.36. The Balaban J connectivity index is 2.59. The predicted octanol–water partition coefficient (Wildman–Crippen LogP) is 2.60. The number of ether oxygens (including phenoxy) is 1. The van der Waals surface area contributed by atoms with Gasteiger partial charge in [-0.2, -0.15) is 0 Å². The Hall–Kier alpha value is -1.62. The lowest BCUT2D eigenvalue weighted by molar-refractivity contribution is -0.145. The number of hydrogen-bond acceptors (Lipinski definition) is 4. The van der Waals surface area contributed by atoms with E-state index in [0.29, 0.717) is 18.7 Å². The first-order chi connectivity index (χ1) is 9.31. The first-order valence-electron chi connectivity index (χ1n) is 6.91. The molecule has 0 aliphatic rings.